The Hall–Kier alpha value is -0.530. The lowest BCUT2D eigenvalue weighted by Crippen LogP contribution is -2.36. The number of nitrogens with zero attached hydrogens (tertiary/aromatic N) is 1. The van der Waals surface area contributed by atoms with E-state index in [0.717, 1.165) is 31.8 Å². The van der Waals surface area contributed by atoms with Crippen LogP contribution in [0.5, 0.6) is 0 Å². The summed E-state index contributed by atoms with van der Waals surface area (Å²) in [5.74, 6) is 1.65. The van der Waals surface area contributed by atoms with Gasteiger partial charge in [-0.2, -0.15) is 0 Å². The molecule has 1 aliphatic heterocycles. The van der Waals surface area contributed by atoms with E-state index >= 15 is 0 Å². The molecule has 3 rings (SSSR count). The Bertz CT molecular complexity index is 308. The molecule has 0 aromatic carbocycles. The van der Waals surface area contributed by atoms with E-state index in [1.54, 1.807) is 0 Å². The zero-order chi connectivity index (χ0) is 11.9. The minimum absolute atomic E-state index is 0.367. The summed E-state index contributed by atoms with van der Waals surface area (Å²) in [5.41, 5.74) is 0.463. The summed E-state index contributed by atoms with van der Waals surface area (Å²) in [7, 11) is 0. The number of rotatable bonds is 1. The zero-order valence-corrected chi connectivity index (χ0v) is 11.1. The summed E-state index contributed by atoms with van der Waals surface area (Å²) < 4.78 is 0. The van der Waals surface area contributed by atoms with Gasteiger partial charge >= 0.3 is 0 Å². The lowest BCUT2D eigenvalue weighted by molar-refractivity contribution is -0.136. The molecule has 17 heavy (non-hydrogen) atoms. The summed E-state index contributed by atoms with van der Waals surface area (Å²) in [6.45, 7) is 4.51. The van der Waals surface area contributed by atoms with Gasteiger partial charge in [-0.1, -0.05) is 32.6 Å². The Kier molecular flexibility index (Phi) is 2.92. The van der Waals surface area contributed by atoms with Crippen LogP contribution in [-0.2, 0) is 4.79 Å². The number of hydrogen-bond acceptors (Lipinski definition) is 1. The molecule has 2 heteroatoms. The number of likely N-dealkylation sites (tertiary alicyclic amines) is 1. The van der Waals surface area contributed by atoms with Crippen LogP contribution in [0.3, 0.4) is 0 Å². The Labute approximate surface area is 105 Å². The minimum Gasteiger partial charge on any atom is -0.342 e. The maximum absolute atomic E-state index is 12.5. The first-order chi connectivity index (χ1) is 8.19. The van der Waals surface area contributed by atoms with Crippen molar-refractivity contribution >= 4 is 5.91 Å². The van der Waals surface area contributed by atoms with Gasteiger partial charge in [0.15, 0.2) is 0 Å². The predicted octanol–water partition coefficient (Wildman–Crippen LogP) is 3.22. The maximum Gasteiger partial charge on any atom is 0.225 e. The summed E-state index contributed by atoms with van der Waals surface area (Å²) in [5, 5.41) is 0. The van der Waals surface area contributed by atoms with Gasteiger partial charge in [0.2, 0.25) is 5.91 Å². The molecule has 0 spiro atoms. The Balaban J connectivity index is 1.64. The second kappa shape index (κ2) is 4.29. The molecule has 2 nitrogen and oxygen atoms in total. The van der Waals surface area contributed by atoms with Gasteiger partial charge in [-0.3, -0.25) is 4.79 Å². The van der Waals surface area contributed by atoms with Crippen LogP contribution in [-0.4, -0.2) is 23.9 Å². The van der Waals surface area contributed by atoms with Crippen molar-refractivity contribution in [2.24, 2.45) is 17.3 Å². The molecule has 2 atom stereocenters. The number of hydrogen-bond donors (Lipinski definition) is 0. The quantitative estimate of drug-likeness (QED) is 0.683. The van der Waals surface area contributed by atoms with Crippen molar-refractivity contribution in [1.29, 1.82) is 0 Å². The van der Waals surface area contributed by atoms with Gasteiger partial charge in [0.1, 0.15) is 0 Å². The van der Waals surface area contributed by atoms with Crippen molar-refractivity contribution in [2.45, 2.75) is 58.3 Å². The molecule has 0 radical (unpaired) electrons. The number of carbonyl (C=O) groups is 1. The van der Waals surface area contributed by atoms with Gasteiger partial charge < -0.3 is 4.90 Å². The van der Waals surface area contributed by atoms with Crippen LogP contribution in [0.15, 0.2) is 0 Å². The van der Waals surface area contributed by atoms with Gasteiger partial charge in [-0.25, -0.2) is 0 Å². The molecular formula is C15H25NO. The SMILES string of the molecule is C[C@@]12CCC[C@@H]1CN(C(=O)C1CCCCC1)C2. The molecule has 0 aromatic rings. The van der Waals surface area contributed by atoms with E-state index in [2.05, 4.69) is 11.8 Å². The lowest BCUT2D eigenvalue weighted by Gasteiger charge is -2.28. The summed E-state index contributed by atoms with van der Waals surface area (Å²) in [6.07, 6.45) is 10.2. The second-order valence-corrected chi connectivity index (χ2v) is 6.80. The first-order valence-electron chi connectivity index (χ1n) is 7.48. The summed E-state index contributed by atoms with van der Waals surface area (Å²) in [4.78, 5) is 14.7. The summed E-state index contributed by atoms with van der Waals surface area (Å²) in [6, 6.07) is 0. The second-order valence-electron chi connectivity index (χ2n) is 6.80. The van der Waals surface area contributed by atoms with E-state index in [1.165, 1.54) is 38.5 Å². The maximum atomic E-state index is 12.5. The molecular weight excluding hydrogens is 210 g/mol. The van der Waals surface area contributed by atoms with Gasteiger partial charge in [-0.05, 0) is 37.0 Å². The monoisotopic (exact) mass is 235 g/mol. The first kappa shape index (κ1) is 11.6. The topological polar surface area (TPSA) is 20.3 Å². The standard InChI is InChI=1S/C15H25NO/c1-15-9-5-8-13(15)10-16(11-15)14(17)12-6-3-2-4-7-12/h12-13H,2-11H2,1H3/t13-,15+/m1/s1. The van der Waals surface area contributed by atoms with Crippen molar-refractivity contribution in [2.75, 3.05) is 13.1 Å². The highest BCUT2D eigenvalue weighted by Crippen LogP contribution is 2.48. The number of carbonyl (C=O) groups excluding carboxylic acids is 1. The van der Waals surface area contributed by atoms with Gasteiger partial charge in [0, 0.05) is 19.0 Å². The van der Waals surface area contributed by atoms with Crippen LogP contribution in [0.2, 0.25) is 0 Å². The van der Waals surface area contributed by atoms with Crippen molar-refractivity contribution in [1.82, 2.24) is 4.90 Å². The van der Waals surface area contributed by atoms with Crippen LogP contribution in [0.25, 0.3) is 0 Å². The average Bonchev–Trinajstić information content (AvgIpc) is 2.84. The van der Waals surface area contributed by atoms with E-state index in [9.17, 15) is 4.79 Å². The zero-order valence-electron chi connectivity index (χ0n) is 11.1. The highest BCUT2D eigenvalue weighted by molar-refractivity contribution is 5.79. The third-order valence-corrected chi connectivity index (χ3v) is 5.54. The lowest BCUT2D eigenvalue weighted by atomic mass is 9.83. The Morgan fingerprint density at radius 3 is 2.59 bits per heavy atom. The highest BCUT2D eigenvalue weighted by Gasteiger charge is 2.47. The van der Waals surface area contributed by atoms with E-state index in [-0.39, 0.29) is 0 Å². The molecule has 1 saturated heterocycles. The van der Waals surface area contributed by atoms with Crippen LogP contribution in [0.4, 0.5) is 0 Å². The number of amides is 1. The van der Waals surface area contributed by atoms with Crippen LogP contribution < -0.4 is 0 Å². The van der Waals surface area contributed by atoms with Crippen molar-refractivity contribution < 1.29 is 4.79 Å². The molecule has 2 saturated carbocycles. The summed E-state index contributed by atoms with van der Waals surface area (Å²) >= 11 is 0. The van der Waals surface area contributed by atoms with Crippen molar-refractivity contribution in [3.8, 4) is 0 Å². The van der Waals surface area contributed by atoms with E-state index in [4.69, 9.17) is 0 Å². The van der Waals surface area contributed by atoms with Gasteiger partial charge in [0.05, 0.1) is 0 Å². The molecule has 2 aliphatic carbocycles. The minimum atomic E-state index is 0.367. The number of fused-ring (bicyclic) bond motifs is 1. The van der Waals surface area contributed by atoms with Gasteiger partial charge in [-0.15, -0.1) is 0 Å². The largest absolute Gasteiger partial charge is 0.342 e. The van der Waals surface area contributed by atoms with Crippen LogP contribution in [0.1, 0.15) is 58.3 Å². The fourth-order valence-electron chi connectivity index (χ4n) is 4.37. The Morgan fingerprint density at radius 2 is 1.88 bits per heavy atom. The molecule has 0 unspecified atom stereocenters. The fraction of sp³-hybridized carbons (Fsp3) is 0.933. The first-order valence-corrected chi connectivity index (χ1v) is 7.48. The third-order valence-electron chi connectivity index (χ3n) is 5.54. The molecule has 0 aromatic heterocycles. The predicted molar refractivity (Wildman–Crippen MR) is 68.6 cm³/mol. The molecule has 1 amide bonds. The van der Waals surface area contributed by atoms with Gasteiger partial charge in [0.25, 0.3) is 0 Å². The van der Waals surface area contributed by atoms with Crippen LogP contribution >= 0.6 is 0 Å². The molecule has 0 N–H and O–H groups in total. The van der Waals surface area contributed by atoms with E-state index in [1.807, 2.05) is 0 Å². The molecule has 3 fully saturated rings. The van der Waals surface area contributed by atoms with E-state index in [0.29, 0.717) is 17.2 Å². The molecule has 0 bridgehead atoms. The van der Waals surface area contributed by atoms with Crippen LogP contribution in [0, 0.1) is 17.3 Å². The van der Waals surface area contributed by atoms with Crippen molar-refractivity contribution in [3.05, 3.63) is 0 Å². The molecule has 3 aliphatic rings. The normalized spacial score (nSPS) is 38.4. The smallest absolute Gasteiger partial charge is 0.225 e. The highest BCUT2D eigenvalue weighted by atomic mass is 16.2. The average molecular weight is 235 g/mol. The van der Waals surface area contributed by atoms with E-state index < -0.39 is 0 Å². The molecule has 1 heterocycles. The Morgan fingerprint density at radius 1 is 1.12 bits per heavy atom. The van der Waals surface area contributed by atoms with Crippen molar-refractivity contribution in [3.63, 3.8) is 0 Å². The molecule has 96 valence electrons. The fourth-order valence-corrected chi connectivity index (χ4v) is 4.37. The third kappa shape index (κ3) is 2.00.